The number of aromatic nitrogens is 2. The van der Waals surface area contributed by atoms with Gasteiger partial charge in [0.1, 0.15) is 0 Å². The summed E-state index contributed by atoms with van der Waals surface area (Å²) in [4.78, 5) is 4.54. The van der Waals surface area contributed by atoms with E-state index < -0.39 is 0 Å². The lowest BCUT2D eigenvalue weighted by atomic mass is 10.0. The van der Waals surface area contributed by atoms with Crippen LogP contribution in [-0.2, 0) is 5.75 Å². The van der Waals surface area contributed by atoms with Gasteiger partial charge in [-0.15, -0.1) is 0 Å². The molecule has 4 nitrogen and oxygen atoms in total. The average Bonchev–Trinajstić information content (AvgIpc) is 2.96. The first-order valence-electron chi connectivity index (χ1n) is 7.17. The standard InChI is InChI=1S/C13H21N3OS2/c1-2-4-10(5-3-1)19-9-12-15-13(17-16-12)11-8-18-7-6-14-11/h10-11,14H,1-9H2. The largest absolute Gasteiger partial charge is 0.338 e. The molecule has 1 aromatic heterocycles. The molecule has 6 heteroatoms. The van der Waals surface area contributed by atoms with Crippen LogP contribution in [0.1, 0.15) is 49.9 Å². The molecular weight excluding hydrogens is 278 g/mol. The summed E-state index contributed by atoms with van der Waals surface area (Å²) in [5.41, 5.74) is 0. The highest BCUT2D eigenvalue weighted by Gasteiger charge is 2.22. The molecule has 1 aliphatic heterocycles. The molecule has 0 bridgehead atoms. The Morgan fingerprint density at radius 2 is 2.21 bits per heavy atom. The van der Waals surface area contributed by atoms with E-state index >= 15 is 0 Å². The van der Waals surface area contributed by atoms with Crippen LogP contribution >= 0.6 is 23.5 Å². The number of rotatable bonds is 4. The second kappa shape index (κ2) is 6.99. The van der Waals surface area contributed by atoms with Gasteiger partial charge in [0.2, 0.25) is 5.89 Å². The maximum Gasteiger partial charge on any atom is 0.244 e. The molecule has 1 unspecified atom stereocenters. The highest BCUT2D eigenvalue weighted by molar-refractivity contribution is 7.99. The molecular formula is C13H21N3OS2. The Bertz CT molecular complexity index is 387. The van der Waals surface area contributed by atoms with Crippen LogP contribution in [0.2, 0.25) is 0 Å². The first-order chi connectivity index (χ1) is 9.42. The molecule has 0 aromatic carbocycles. The molecule has 1 aliphatic carbocycles. The van der Waals surface area contributed by atoms with Gasteiger partial charge in [-0.3, -0.25) is 0 Å². The van der Waals surface area contributed by atoms with Crippen molar-refractivity contribution in [2.45, 2.75) is 49.1 Å². The third-order valence-electron chi connectivity index (χ3n) is 3.70. The van der Waals surface area contributed by atoms with Crippen molar-refractivity contribution < 1.29 is 4.52 Å². The van der Waals surface area contributed by atoms with E-state index in [9.17, 15) is 0 Å². The smallest absolute Gasteiger partial charge is 0.244 e. The summed E-state index contributed by atoms with van der Waals surface area (Å²) in [6, 6.07) is 0.250. The molecule has 2 fully saturated rings. The fourth-order valence-electron chi connectivity index (χ4n) is 2.62. The van der Waals surface area contributed by atoms with E-state index in [4.69, 9.17) is 4.52 Å². The molecule has 0 spiro atoms. The van der Waals surface area contributed by atoms with E-state index in [0.717, 1.165) is 35.0 Å². The summed E-state index contributed by atoms with van der Waals surface area (Å²) in [5, 5.41) is 8.35. The zero-order valence-electron chi connectivity index (χ0n) is 11.1. The van der Waals surface area contributed by atoms with Crippen molar-refractivity contribution in [3.05, 3.63) is 11.7 Å². The van der Waals surface area contributed by atoms with Gasteiger partial charge in [-0.1, -0.05) is 24.4 Å². The van der Waals surface area contributed by atoms with Crippen molar-refractivity contribution in [1.82, 2.24) is 15.5 Å². The van der Waals surface area contributed by atoms with Crippen molar-refractivity contribution in [3.8, 4) is 0 Å². The molecule has 2 aliphatic rings. The minimum Gasteiger partial charge on any atom is -0.338 e. The van der Waals surface area contributed by atoms with E-state index in [1.165, 1.54) is 37.9 Å². The van der Waals surface area contributed by atoms with Crippen molar-refractivity contribution in [3.63, 3.8) is 0 Å². The maximum atomic E-state index is 5.39. The van der Waals surface area contributed by atoms with Crippen LogP contribution in [0.15, 0.2) is 4.52 Å². The third-order valence-corrected chi connectivity index (χ3v) is 6.13. The highest BCUT2D eigenvalue weighted by Crippen LogP contribution is 2.30. The van der Waals surface area contributed by atoms with Gasteiger partial charge in [0.15, 0.2) is 5.82 Å². The summed E-state index contributed by atoms with van der Waals surface area (Å²) >= 11 is 3.95. The fraction of sp³-hybridized carbons (Fsp3) is 0.846. The second-order valence-electron chi connectivity index (χ2n) is 5.20. The van der Waals surface area contributed by atoms with E-state index in [2.05, 4.69) is 15.5 Å². The number of nitrogens with one attached hydrogen (secondary N) is 1. The van der Waals surface area contributed by atoms with Crippen LogP contribution in [0.25, 0.3) is 0 Å². The zero-order chi connectivity index (χ0) is 12.9. The summed E-state index contributed by atoms with van der Waals surface area (Å²) in [6.45, 7) is 1.03. The lowest BCUT2D eigenvalue weighted by molar-refractivity contribution is 0.339. The Morgan fingerprint density at radius 3 is 3.00 bits per heavy atom. The van der Waals surface area contributed by atoms with E-state index in [0.29, 0.717) is 0 Å². The monoisotopic (exact) mass is 299 g/mol. The minimum atomic E-state index is 0.250. The Labute approximate surface area is 122 Å². The molecule has 0 amide bonds. The van der Waals surface area contributed by atoms with Gasteiger partial charge in [0.25, 0.3) is 0 Å². The first-order valence-corrected chi connectivity index (χ1v) is 9.37. The number of hydrogen-bond donors (Lipinski definition) is 1. The van der Waals surface area contributed by atoms with Gasteiger partial charge in [0, 0.05) is 23.3 Å². The van der Waals surface area contributed by atoms with Crippen molar-refractivity contribution in [2.75, 3.05) is 18.1 Å². The summed E-state index contributed by atoms with van der Waals surface area (Å²) in [5.74, 6) is 4.75. The van der Waals surface area contributed by atoms with Crippen LogP contribution in [0.4, 0.5) is 0 Å². The maximum absolute atomic E-state index is 5.39. The van der Waals surface area contributed by atoms with Crippen molar-refractivity contribution in [2.24, 2.45) is 0 Å². The van der Waals surface area contributed by atoms with Crippen LogP contribution in [0.5, 0.6) is 0 Å². The van der Waals surface area contributed by atoms with Crippen LogP contribution in [0, 0.1) is 0 Å². The Balaban J connectivity index is 1.49. The van der Waals surface area contributed by atoms with Gasteiger partial charge in [-0.05, 0) is 12.8 Å². The van der Waals surface area contributed by atoms with Gasteiger partial charge in [-0.2, -0.15) is 28.5 Å². The SMILES string of the molecule is C1CCC(SCc2noc(C3CSCCN3)n2)CC1. The number of thioether (sulfide) groups is 2. The van der Waals surface area contributed by atoms with Gasteiger partial charge >= 0.3 is 0 Å². The van der Waals surface area contributed by atoms with E-state index in [-0.39, 0.29) is 6.04 Å². The molecule has 3 rings (SSSR count). The van der Waals surface area contributed by atoms with Gasteiger partial charge in [-0.25, -0.2) is 0 Å². The predicted octanol–water partition coefficient (Wildman–Crippen LogP) is 3.01. The fourth-order valence-corrected chi connectivity index (χ4v) is 4.71. The third kappa shape index (κ3) is 3.89. The second-order valence-corrected chi connectivity index (χ2v) is 7.64. The first kappa shape index (κ1) is 13.8. The number of nitrogens with zero attached hydrogens (tertiary/aromatic N) is 2. The van der Waals surface area contributed by atoms with Gasteiger partial charge in [0.05, 0.1) is 11.8 Å². The van der Waals surface area contributed by atoms with Crippen LogP contribution in [-0.4, -0.2) is 33.4 Å². The van der Waals surface area contributed by atoms with Gasteiger partial charge < -0.3 is 9.84 Å². The highest BCUT2D eigenvalue weighted by atomic mass is 32.2. The number of hydrogen-bond acceptors (Lipinski definition) is 6. The molecule has 1 atom stereocenters. The molecule has 0 radical (unpaired) electrons. The Kier molecular flexibility index (Phi) is 5.07. The minimum absolute atomic E-state index is 0.250. The molecule has 1 aromatic rings. The molecule has 1 N–H and O–H groups in total. The Hall–Kier alpha value is -0.200. The topological polar surface area (TPSA) is 51.0 Å². The summed E-state index contributed by atoms with van der Waals surface area (Å²) < 4.78 is 5.39. The zero-order valence-corrected chi connectivity index (χ0v) is 12.8. The molecule has 2 heterocycles. The lowest BCUT2D eigenvalue weighted by Crippen LogP contribution is -2.30. The van der Waals surface area contributed by atoms with Crippen LogP contribution in [0.3, 0.4) is 0 Å². The molecule has 19 heavy (non-hydrogen) atoms. The van der Waals surface area contributed by atoms with E-state index in [1.54, 1.807) is 0 Å². The summed E-state index contributed by atoms with van der Waals surface area (Å²) in [6.07, 6.45) is 6.90. The molecule has 1 saturated heterocycles. The van der Waals surface area contributed by atoms with E-state index in [1.807, 2.05) is 23.5 Å². The van der Waals surface area contributed by atoms with Crippen molar-refractivity contribution >= 4 is 23.5 Å². The average molecular weight is 299 g/mol. The molecule has 106 valence electrons. The molecule has 1 saturated carbocycles. The quantitative estimate of drug-likeness (QED) is 0.922. The summed E-state index contributed by atoms with van der Waals surface area (Å²) in [7, 11) is 0. The van der Waals surface area contributed by atoms with Crippen LogP contribution < -0.4 is 5.32 Å². The Morgan fingerprint density at radius 1 is 1.32 bits per heavy atom. The van der Waals surface area contributed by atoms with Crippen molar-refractivity contribution in [1.29, 1.82) is 0 Å². The lowest BCUT2D eigenvalue weighted by Gasteiger charge is -2.20. The normalized spacial score (nSPS) is 25.6. The predicted molar refractivity (Wildman–Crippen MR) is 80.5 cm³/mol.